The summed E-state index contributed by atoms with van der Waals surface area (Å²) in [7, 11) is 1.68. The number of hydrogen-bond donors (Lipinski definition) is 0. The molecule has 3 nitrogen and oxygen atoms in total. The van der Waals surface area contributed by atoms with Crippen LogP contribution in [0, 0.1) is 0 Å². The van der Waals surface area contributed by atoms with Gasteiger partial charge in [-0.25, -0.2) is 0 Å². The van der Waals surface area contributed by atoms with Crippen LogP contribution in [0.4, 0.5) is 0 Å². The predicted octanol–water partition coefficient (Wildman–Crippen LogP) is 3.99. The summed E-state index contributed by atoms with van der Waals surface area (Å²) in [6.07, 6.45) is 3.35. The van der Waals surface area contributed by atoms with Crippen molar-refractivity contribution in [2.24, 2.45) is 0 Å². The third-order valence-corrected chi connectivity index (χ3v) is 6.11. The summed E-state index contributed by atoms with van der Waals surface area (Å²) in [5.41, 5.74) is 4.05. The minimum absolute atomic E-state index is 0.158. The van der Waals surface area contributed by atoms with Gasteiger partial charge in [-0.3, -0.25) is 9.36 Å². The zero-order chi connectivity index (χ0) is 16.0. The molecule has 1 saturated carbocycles. The van der Waals surface area contributed by atoms with E-state index in [9.17, 15) is 4.79 Å². The van der Waals surface area contributed by atoms with Crippen molar-refractivity contribution in [1.29, 1.82) is 0 Å². The van der Waals surface area contributed by atoms with E-state index < -0.39 is 0 Å². The molecule has 0 N–H and O–H groups in total. The molecule has 4 heteroatoms. The SMILES string of the molecule is COc1ccc(Cc2cc(=O)n3c(c2C2CC2)SCC3C)cc1. The molecule has 2 heterocycles. The lowest BCUT2D eigenvalue weighted by atomic mass is 9.98. The molecule has 1 aromatic carbocycles. The highest BCUT2D eigenvalue weighted by atomic mass is 32.2. The van der Waals surface area contributed by atoms with Crippen LogP contribution in [0.5, 0.6) is 5.75 Å². The van der Waals surface area contributed by atoms with Gasteiger partial charge < -0.3 is 4.74 Å². The topological polar surface area (TPSA) is 31.2 Å². The van der Waals surface area contributed by atoms with Crippen molar-refractivity contribution in [3.63, 3.8) is 0 Å². The van der Waals surface area contributed by atoms with E-state index in [1.807, 2.05) is 34.5 Å². The number of thioether (sulfide) groups is 1. The van der Waals surface area contributed by atoms with Crippen molar-refractivity contribution < 1.29 is 4.74 Å². The summed E-state index contributed by atoms with van der Waals surface area (Å²) in [5, 5.41) is 1.23. The van der Waals surface area contributed by atoms with Gasteiger partial charge in [0, 0.05) is 17.9 Å². The molecule has 0 saturated heterocycles. The standard InChI is InChI=1S/C19H21NO2S/c1-12-11-23-19-18(14-5-6-14)15(10-17(21)20(12)19)9-13-3-7-16(22-2)8-4-13/h3-4,7-8,10,12,14H,5-6,9,11H2,1-2H3. The second-order valence-corrected chi connectivity index (χ2v) is 7.56. The van der Waals surface area contributed by atoms with Crippen molar-refractivity contribution in [3.05, 3.63) is 57.4 Å². The van der Waals surface area contributed by atoms with Crippen LogP contribution < -0.4 is 10.3 Å². The molecular weight excluding hydrogens is 306 g/mol. The third kappa shape index (κ3) is 2.69. The van der Waals surface area contributed by atoms with E-state index in [1.165, 1.54) is 34.6 Å². The number of fused-ring (bicyclic) bond motifs is 1. The number of rotatable bonds is 4. The Hall–Kier alpha value is -1.68. The molecule has 1 aliphatic heterocycles. The summed E-state index contributed by atoms with van der Waals surface area (Å²) >= 11 is 1.86. The fourth-order valence-electron chi connectivity index (χ4n) is 3.42. The molecule has 120 valence electrons. The zero-order valence-electron chi connectivity index (χ0n) is 13.5. The average Bonchev–Trinajstić information content (AvgIpc) is 3.31. The Morgan fingerprint density at radius 2 is 2.00 bits per heavy atom. The van der Waals surface area contributed by atoms with Gasteiger partial charge in [0.1, 0.15) is 5.75 Å². The monoisotopic (exact) mass is 327 g/mol. The van der Waals surface area contributed by atoms with Crippen LogP contribution in [-0.4, -0.2) is 17.4 Å². The van der Waals surface area contributed by atoms with E-state index in [1.54, 1.807) is 7.11 Å². The number of benzene rings is 1. The minimum Gasteiger partial charge on any atom is -0.497 e. The summed E-state index contributed by atoms with van der Waals surface area (Å²) in [6.45, 7) is 2.14. The molecule has 2 aromatic rings. The molecule has 1 unspecified atom stereocenters. The molecule has 0 amide bonds. The van der Waals surface area contributed by atoms with Crippen molar-refractivity contribution in [1.82, 2.24) is 4.57 Å². The van der Waals surface area contributed by atoms with Crippen LogP contribution in [0.15, 0.2) is 40.2 Å². The Morgan fingerprint density at radius 1 is 1.26 bits per heavy atom. The Morgan fingerprint density at radius 3 is 2.65 bits per heavy atom. The largest absolute Gasteiger partial charge is 0.497 e. The average molecular weight is 327 g/mol. The molecule has 0 bridgehead atoms. The van der Waals surface area contributed by atoms with Crippen molar-refractivity contribution in [2.45, 2.75) is 43.2 Å². The van der Waals surface area contributed by atoms with E-state index in [0.29, 0.717) is 12.0 Å². The zero-order valence-corrected chi connectivity index (χ0v) is 14.4. The molecule has 0 spiro atoms. The van der Waals surface area contributed by atoms with E-state index in [2.05, 4.69) is 19.1 Å². The van der Waals surface area contributed by atoms with Crippen LogP contribution in [0.2, 0.25) is 0 Å². The molecule has 2 aliphatic rings. The fraction of sp³-hybridized carbons (Fsp3) is 0.421. The number of hydrogen-bond acceptors (Lipinski definition) is 3. The first-order valence-corrected chi connectivity index (χ1v) is 9.20. The fourth-order valence-corrected chi connectivity index (χ4v) is 4.83. The number of nitrogens with zero attached hydrogens (tertiary/aromatic N) is 1. The number of aromatic nitrogens is 1. The lowest BCUT2D eigenvalue weighted by Crippen LogP contribution is -2.23. The lowest BCUT2D eigenvalue weighted by molar-refractivity contribution is 0.414. The molecule has 1 atom stereocenters. The molecule has 1 aliphatic carbocycles. The number of pyridine rings is 1. The summed E-state index contributed by atoms with van der Waals surface area (Å²) < 4.78 is 7.24. The van der Waals surface area contributed by atoms with Crippen molar-refractivity contribution in [3.8, 4) is 5.75 Å². The maximum Gasteiger partial charge on any atom is 0.251 e. The molecular formula is C19H21NO2S. The second-order valence-electron chi connectivity index (χ2n) is 6.56. The van der Waals surface area contributed by atoms with E-state index in [-0.39, 0.29) is 5.56 Å². The lowest BCUT2D eigenvalue weighted by Gasteiger charge is -2.16. The van der Waals surface area contributed by atoms with Gasteiger partial charge in [-0.05, 0) is 60.9 Å². The Balaban J connectivity index is 1.76. The quantitative estimate of drug-likeness (QED) is 0.851. The summed E-state index contributed by atoms with van der Waals surface area (Å²) in [4.78, 5) is 12.6. The Kier molecular flexibility index (Phi) is 3.72. The Labute approximate surface area is 140 Å². The molecule has 23 heavy (non-hydrogen) atoms. The summed E-state index contributed by atoms with van der Waals surface area (Å²) in [6, 6.07) is 10.4. The minimum atomic E-state index is 0.158. The van der Waals surface area contributed by atoms with E-state index in [4.69, 9.17) is 4.74 Å². The summed E-state index contributed by atoms with van der Waals surface area (Å²) in [5.74, 6) is 2.54. The second kappa shape index (κ2) is 5.75. The highest BCUT2D eigenvalue weighted by Crippen LogP contribution is 2.48. The third-order valence-electron chi connectivity index (χ3n) is 4.77. The van der Waals surface area contributed by atoms with Gasteiger partial charge in [0.25, 0.3) is 5.56 Å². The number of methoxy groups -OCH3 is 1. The van der Waals surface area contributed by atoms with Gasteiger partial charge in [0.05, 0.1) is 12.1 Å². The van der Waals surface area contributed by atoms with Crippen LogP contribution in [0.3, 0.4) is 0 Å². The normalized spacial score (nSPS) is 19.7. The van der Waals surface area contributed by atoms with Gasteiger partial charge >= 0.3 is 0 Å². The van der Waals surface area contributed by atoms with Gasteiger partial charge in [-0.2, -0.15) is 0 Å². The highest BCUT2D eigenvalue weighted by Gasteiger charge is 2.34. The van der Waals surface area contributed by atoms with E-state index in [0.717, 1.165) is 17.9 Å². The first kappa shape index (κ1) is 14.9. The maximum absolute atomic E-state index is 12.6. The smallest absolute Gasteiger partial charge is 0.251 e. The first-order chi connectivity index (χ1) is 11.2. The van der Waals surface area contributed by atoms with Crippen molar-refractivity contribution >= 4 is 11.8 Å². The van der Waals surface area contributed by atoms with Crippen LogP contribution in [0.25, 0.3) is 0 Å². The van der Waals surface area contributed by atoms with Crippen LogP contribution >= 0.6 is 11.8 Å². The predicted molar refractivity (Wildman–Crippen MR) is 93.9 cm³/mol. The number of ether oxygens (including phenoxy) is 1. The molecule has 1 aromatic heterocycles. The van der Waals surface area contributed by atoms with Crippen molar-refractivity contribution in [2.75, 3.05) is 12.9 Å². The maximum atomic E-state index is 12.6. The van der Waals surface area contributed by atoms with Crippen LogP contribution in [0.1, 0.15) is 48.4 Å². The molecule has 0 radical (unpaired) electrons. The molecule has 1 fully saturated rings. The van der Waals surface area contributed by atoms with Gasteiger partial charge in [0.15, 0.2) is 0 Å². The van der Waals surface area contributed by atoms with Gasteiger partial charge in [-0.1, -0.05) is 12.1 Å². The van der Waals surface area contributed by atoms with Gasteiger partial charge in [-0.15, -0.1) is 11.8 Å². The Bertz CT molecular complexity index is 790. The van der Waals surface area contributed by atoms with Gasteiger partial charge in [0.2, 0.25) is 0 Å². The molecule has 4 rings (SSSR count). The first-order valence-electron chi connectivity index (χ1n) is 8.21. The van der Waals surface area contributed by atoms with E-state index >= 15 is 0 Å². The highest BCUT2D eigenvalue weighted by molar-refractivity contribution is 7.99. The van der Waals surface area contributed by atoms with Crippen LogP contribution in [-0.2, 0) is 6.42 Å².